The van der Waals surface area contributed by atoms with Crippen molar-refractivity contribution in [1.29, 1.82) is 0 Å². The van der Waals surface area contributed by atoms with Crippen LogP contribution in [0.4, 0.5) is 19.1 Å². The van der Waals surface area contributed by atoms with Gasteiger partial charge in [-0.3, -0.25) is 4.79 Å². The fourth-order valence-electron chi connectivity index (χ4n) is 4.36. The number of imidazole rings is 1. The third-order valence-electron chi connectivity index (χ3n) is 5.96. The Hall–Kier alpha value is -3.03. The molecule has 2 aromatic carbocycles. The molecule has 8 heteroatoms. The summed E-state index contributed by atoms with van der Waals surface area (Å²) in [4.78, 5) is 16.2. The van der Waals surface area contributed by atoms with Crippen molar-refractivity contribution in [2.75, 3.05) is 5.32 Å². The summed E-state index contributed by atoms with van der Waals surface area (Å²) < 4.78 is 42.1. The average Bonchev–Trinajstić information content (AvgIpc) is 3.09. The second kappa shape index (κ2) is 8.61. The molecule has 1 aliphatic rings. The highest BCUT2D eigenvalue weighted by molar-refractivity contribution is 5.96. The number of anilines is 1. The Morgan fingerprint density at radius 1 is 1.13 bits per heavy atom. The first-order valence-electron chi connectivity index (χ1n) is 10.5. The molecule has 0 aliphatic heterocycles. The maximum Gasteiger partial charge on any atom is 0.416 e. The van der Waals surface area contributed by atoms with Crippen molar-refractivity contribution in [2.24, 2.45) is 11.7 Å². The number of nitrogens with one attached hydrogen (secondary N) is 1. The van der Waals surface area contributed by atoms with E-state index in [1.165, 1.54) is 31.4 Å². The van der Waals surface area contributed by atoms with Crippen LogP contribution in [-0.4, -0.2) is 15.5 Å². The van der Waals surface area contributed by atoms with Gasteiger partial charge in [0, 0.05) is 18.7 Å². The van der Waals surface area contributed by atoms with E-state index in [9.17, 15) is 18.0 Å². The highest BCUT2D eigenvalue weighted by Crippen LogP contribution is 2.33. The van der Waals surface area contributed by atoms with E-state index in [0.717, 1.165) is 31.0 Å². The zero-order valence-electron chi connectivity index (χ0n) is 17.1. The van der Waals surface area contributed by atoms with Gasteiger partial charge in [-0.25, -0.2) is 4.98 Å². The van der Waals surface area contributed by atoms with Gasteiger partial charge in [0.15, 0.2) is 0 Å². The van der Waals surface area contributed by atoms with Crippen molar-refractivity contribution in [1.82, 2.24) is 9.55 Å². The number of primary amides is 1. The first kappa shape index (κ1) is 21.2. The Morgan fingerprint density at radius 2 is 1.87 bits per heavy atom. The van der Waals surface area contributed by atoms with Gasteiger partial charge < -0.3 is 15.6 Å². The molecule has 1 saturated carbocycles. The van der Waals surface area contributed by atoms with Crippen molar-refractivity contribution in [3.05, 3.63) is 59.2 Å². The Bertz CT molecular complexity index is 1080. The molecule has 31 heavy (non-hydrogen) atoms. The number of aromatic nitrogens is 2. The molecule has 3 N–H and O–H groups in total. The molecule has 4 rings (SSSR count). The summed E-state index contributed by atoms with van der Waals surface area (Å²) in [6.07, 6.45) is 1.43. The van der Waals surface area contributed by atoms with Crippen LogP contribution < -0.4 is 11.1 Å². The second-order valence-corrected chi connectivity index (χ2v) is 8.13. The van der Waals surface area contributed by atoms with Crippen LogP contribution in [0, 0.1) is 5.92 Å². The lowest BCUT2D eigenvalue weighted by molar-refractivity contribution is -0.138. The lowest BCUT2D eigenvalue weighted by Crippen LogP contribution is -2.17. The van der Waals surface area contributed by atoms with Gasteiger partial charge in [0.2, 0.25) is 11.9 Å². The summed E-state index contributed by atoms with van der Waals surface area (Å²) >= 11 is 0. The van der Waals surface area contributed by atoms with Crippen LogP contribution in [0.25, 0.3) is 11.0 Å². The number of alkyl halides is 3. The smallest absolute Gasteiger partial charge is 0.366 e. The summed E-state index contributed by atoms with van der Waals surface area (Å²) in [6.45, 7) is 0.724. The molecular formula is C23H25F3N4O. The van der Waals surface area contributed by atoms with E-state index in [0.29, 0.717) is 22.9 Å². The maximum atomic E-state index is 13.4. The number of hydrogen-bond acceptors (Lipinski definition) is 3. The number of nitrogens with two attached hydrogens (primary N) is 1. The van der Waals surface area contributed by atoms with E-state index in [2.05, 4.69) is 10.3 Å². The number of hydrogen-bond donors (Lipinski definition) is 2. The predicted octanol–water partition coefficient (Wildman–Crippen LogP) is 5.35. The largest absolute Gasteiger partial charge is 0.416 e. The van der Waals surface area contributed by atoms with E-state index >= 15 is 0 Å². The number of benzene rings is 2. The fraction of sp³-hybridized carbons (Fsp3) is 0.391. The lowest BCUT2D eigenvalue weighted by atomic mass is 9.89. The Kier molecular flexibility index (Phi) is 5.89. The van der Waals surface area contributed by atoms with E-state index in [1.54, 1.807) is 24.3 Å². The van der Waals surface area contributed by atoms with Crippen molar-refractivity contribution >= 4 is 22.9 Å². The Morgan fingerprint density at radius 3 is 2.58 bits per heavy atom. The third-order valence-corrected chi connectivity index (χ3v) is 5.96. The van der Waals surface area contributed by atoms with Crippen LogP contribution in [0.1, 0.15) is 53.6 Å². The van der Waals surface area contributed by atoms with Crippen LogP contribution in [0.2, 0.25) is 0 Å². The van der Waals surface area contributed by atoms with Crippen molar-refractivity contribution < 1.29 is 18.0 Å². The van der Waals surface area contributed by atoms with Crippen LogP contribution in [0.3, 0.4) is 0 Å². The van der Waals surface area contributed by atoms with Gasteiger partial charge >= 0.3 is 6.18 Å². The molecule has 1 aliphatic carbocycles. The lowest BCUT2D eigenvalue weighted by Gasteiger charge is -2.23. The molecule has 0 saturated heterocycles. The normalized spacial score (nSPS) is 15.3. The summed E-state index contributed by atoms with van der Waals surface area (Å²) in [5, 5.41) is 3.11. The van der Waals surface area contributed by atoms with Gasteiger partial charge in [-0.15, -0.1) is 0 Å². The number of nitrogens with zero attached hydrogens (tertiary/aromatic N) is 2. The van der Waals surface area contributed by atoms with Gasteiger partial charge in [0.1, 0.15) is 0 Å². The zero-order valence-corrected chi connectivity index (χ0v) is 17.1. The third kappa shape index (κ3) is 4.68. The number of carbonyl (C=O) groups is 1. The molecule has 1 aromatic heterocycles. The molecule has 5 nitrogen and oxygen atoms in total. The van der Waals surface area contributed by atoms with Crippen molar-refractivity contribution in [3.63, 3.8) is 0 Å². The molecule has 1 fully saturated rings. The second-order valence-electron chi connectivity index (χ2n) is 8.13. The van der Waals surface area contributed by atoms with Crippen LogP contribution in [0.5, 0.6) is 0 Å². The van der Waals surface area contributed by atoms with Gasteiger partial charge in [-0.1, -0.05) is 37.5 Å². The molecule has 0 bridgehead atoms. The van der Waals surface area contributed by atoms with Crippen LogP contribution >= 0.6 is 0 Å². The molecule has 1 amide bonds. The monoisotopic (exact) mass is 430 g/mol. The first-order chi connectivity index (χ1) is 14.8. The number of carbonyl (C=O) groups excluding carboxylic acids is 1. The summed E-state index contributed by atoms with van der Waals surface area (Å²) in [6, 6.07) is 10.6. The molecule has 0 unspecified atom stereocenters. The average molecular weight is 430 g/mol. The number of fused-ring (bicyclic) bond motifs is 1. The maximum absolute atomic E-state index is 13.4. The SMILES string of the molecule is NC(=O)c1ccc2c(c1)nc(NCc1ccccc1C(F)(F)F)n2CC1CCCCC1. The van der Waals surface area contributed by atoms with Gasteiger partial charge in [0.05, 0.1) is 16.6 Å². The predicted molar refractivity (Wildman–Crippen MR) is 114 cm³/mol. The molecule has 164 valence electrons. The molecule has 0 atom stereocenters. The Labute approximate surface area is 178 Å². The molecular weight excluding hydrogens is 405 g/mol. The molecule has 1 heterocycles. The van der Waals surface area contributed by atoms with Gasteiger partial charge in [0.25, 0.3) is 0 Å². The van der Waals surface area contributed by atoms with E-state index < -0.39 is 17.6 Å². The quantitative estimate of drug-likeness (QED) is 0.554. The molecule has 0 spiro atoms. The van der Waals surface area contributed by atoms with E-state index in [-0.39, 0.29) is 12.1 Å². The summed E-state index contributed by atoms with van der Waals surface area (Å²) in [7, 11) is 0. The number of rotatable bonds is 6. The van der Waals surface area contributed by atoms with E-state index in [1.807, 2.05) is 4.57 Å². The highest BCUT2D eigenvalue weighted by atomic mass is 19.4. The minimum atomic E-state index is -4.42. The summed E-state index contributed by atoms with van der Waals surface area (Å²) in [5.41, 5.74) is 6.68. The van der Waals surface area contributed by atoms with Crippen molar-refractivity contribution in [3.8, 4) is 0 Å². The molecule has 3 aromatic rings. The van der Waals surface area contributed by atoms with Gasteiger partial charge in [-0.05, 0) is 48.6 Å². The van der Waals surface area contributed by atoms with Crippen LogP contribution in [0.15, 0.2) is 42.5 Å². The van der Waals surface area contributed by atoms with E-state index in [4.69, 9.17) is 5.73 Å². The summed E-state index contributed by atoms with van der Waals surface area (Å²) in [5.74, 6) is 0.446. The first-order valence-corrected chi connectivity index (χ1v) is 10.5. The number of amides is 1. The van der Waals surface area contributed by atoms with Crippen LogP contribution in [-0.2, 0) is 19.3 Å². The number of halogens is 3. The van der Waals surface area contributed by atoms with Gasteiger partial charge in [-0.2, -0.15) is 13.2 Å². The highest BCUT2D eigenvalue weighted by Gasteiger charge is 2.32. The Balaban J connectivity index is 1.67. The zero-order chi connectivity index (χ0) is 22.0. The fourth-order valence-corrected chi connectivity index (χ4v) is 4.36. The standard InChI is InChI=1S/C23H25F3N4O/c24-23(25,26)18-9-5-4-8-17(18)13-28-22-29-19-12-16(21(27)31)10-11-20(19)30(22)14-15-6-2-1-3-7-15/h4-5,8-12,15H,1-3,6-7,13-14H2,(H2,27,31)(H,28,29). The topological polar surface area (TPSA) is 72.9 Å². The minimum absolute atomic E-state index is 0.00759. The van der Waals surface area contributed by atoms with Crippen molar-refractivity contribution in [2.45, 2.75) is 51.4 Å². The molecule has 0 radical (unpaired) electrons. The minimum Gasteiger partial charge on any atom is -0.366 e.